The molecule has 2 nitrogen and oxygen atoms in total. The van der Waals surface area contributed by atoms with Crippen LogP contribution >= 0.6 is 0 Å². The molecule has 0 bridgehead atoms. The van der Waals surface area contributed by atoms with Gasteiger partial charge in [0.2, 0.25) is 0 Å². The molecule has 0 spiro atoms. The second-order valence-electron chi connectivity index (χ2n) is 10.8. The first kappa shape index (κ1) is 23.3. The molecule has 138 valence electrons. The normalized spacial score (nSPS) is 14.8. The maximum Gasteiger partial charge on any atom is 0.311 e. The van der Waals surface area contributed by atoms with E-state index >= 15 is 0 Å². The molecule has 0 rings (SSSR count). The minimum absolute atomic E-state index is 0.00960. The van der Waals surface area contributed by atoms with Gasteiger partial charge >= 0.3 is 5.97 Å². The predicted molar refractivity (Wildman–Crippen MR) is 116 cm³/mol. The number of ether oxygens (including phenoxy) is 1. The van der Waals surface area contributed by atoms with E-state index < -0.39 is 29.4 Å². The number of rotatable bonds is 8. The molecular weight excluding hydrogens is 349 g/mol. The molecule has 0 aliphatic rings. The van der Waals surface area contributed by atoms with Crippen LogP contribution in [0.25, 0.3) is 0 Å². The van der Waals surface area contributed by atoms with Crippen LogP contribution in [0.4, 0.5) is 0 Å². The van der Waals surface area contributed by atoms with Crippen molar-refractivity contribution in [2.75, 3.05) is 6.61 Å². The van der Waals surface area contributed by atoms with Gasteiger partial charge in [0.1, 0.15) is 0 Å². The van der Waals surface area contributed by atoms with Crippen LogP contribution in [0, 0.1) is 5.41 Å². The van der Waals surface area contributed by atoms with Gasteiger partial charge in [-0.25, -0.2) is 0 Å². The molecular formula is C17H42O2Si4. The van der Waals surface area contributed by atoms with E-state index in [1.165, 1.54) is 6.04 Å². The standard InChI is InChI=1S/C17H42O2Si4/c1-13-17(2,3)16(18)19-14-15-23(20(4,5)6,21(7,8)9)22(10,11)12/h13-15H2,1-12H3. The largest absolute Gasteiger partial charge is 0.466 e. The molecule has 0 fully saturated rings. The van der Waals surface area contributed by atoms with Gasteiger partial charge in [0.05, 0.1) is 12.0 Å². The Bertz CT molecular complexity index is 376. The summed E-state index contributed by atoms with van der Waals surface area (Å²) >= 11 is 0. The predicted octanol–water partition coefficient (Wildman–Crippen LogP) is 5.66. The summed E-state index contributed by atoms with van der Waals surface area (Å²) in [6.45, 7) is 28.6. The lowest BCUT2D eigenvalue weighted by molar-refractivity contribution is -0.153. The molecule has 6 heteroatoms. The molecule has 0 aliphatic carbocycles. The second kappa shape index (κ2) is 7.30. The van der Waals surface area contributed by atoms with Gasteiger partial charge in [-0.05, 0) is 26.3 Å². The van der Waals surface area contributed by atoms with Crippen LogP contribution in [0.15, 0.2) is 0 Å². The van der Waals surface area contributed by atoms with Gasteiger partial charge in [0, 0.05) is 29.4 Å². The minimum atomic E-state index is -1.40. The van der Waals surface area contributed by atoms with E-state index in [0.29, 0.717) is 6.61 Å². The summed E-state index contributed by atoms with van der Waals surface area (Å²) < 4.78 is 5.80. The van der Waals surface area contributed by atoms with Crippen LogP contribution in [0.5, 0.6) is 0 Å². The third-order valence-electron chi connectivity index (χ3n) is 5.99. The van der Waals surface area contributed by atoms with Crippen molar-refractivity contribution in [1.82, 2.24) is 0 Å². The first-order valence-corrected chi connectivity index (χ1v) is 24.8. The molecule has 0 heterocycles. The maximum absolute atomic E-state index is 12.4. The highest BCUT2D eigenvalue weighted by molar-refractivity contribution is 7.89. The number of carbonyl (C=O) groups is 1. The van der Waals surface area contributed by atoms with Crippen molar-refractivity contribution in [3.8, 4) is 0 Å². The molecule has 0 N–H and O–H groups in total. The van der Waals surface area contributed by atoms with Crippen LogP contribution < -0.4 is 0 Å². The van der Waals surface area contributed by atoms with Gasteiger partial charge in [-0.15, -0.1) is 0 Å². The van der Waals surface area contributed by atoms with E-state index in [2.05, 4.69) is 65.8 Å². The molecule has 0 amide bonds. The highest BCUT2D eigenvalue weighted by Crippen LogP contribution is 2.40. The average Bonchev–Trinajstić information content (AvgIpc) is 2.28. The van der Waals surface area contributed by atoms with Crippen molar-refractivity contribution in [2.24, 2.45) is 5.41 Å². The number of carbonyl (C=O) groups excluding carboxylic acids is 1. The van der Waals surface area contributed by atoms with Gasteiger partial charge in [0.15, 0.2) is 0 Å². The van der Waals surface area contributed by atoms with Gasteiger partial charge in [-0.1, -0.05) is 65.8 Å². The van der Waals surface area contributed by atoms with E-state index in [0.717, 1.165) is 6.42 Å². The third kappa shape index (κ3) is 4.92. The monoisotopic (exact) mass is 390 g/mol. The first-order chi connectivity index (χ1) is 9.94. The third-order valence-corrected chi connectivity index (χ3v) is 80.4. The lowest BCUT2D eigenvalue weighted by atomic mass is 9.91. The Balaban J connectivity index is 5.50. The molecule has 0 aliphatic heterocycles. The average molecular weight is 391 g/mol. The summed E-state index contributed by atoms with van der Waals surface area (Å²) in [5.41, 5.74) is -0.346. The lowest BCUT2D eigenvalue weighted by Crippen LogP contribution is -2.82. The van der Waals surface area contributed by atoms with Crippen molar-refractivity contribution in [2.45, 2.75) is 92.2 Å². The van der Waals surface area contributed by atoms with Crippen LogP contribution in [0.3, 0.4) is 0 Å². The summed E-state index contributed by atoms with van der Waals surface area (Å²) in [5.74, 6) is -0.00960. The van der Waals surface area contributed by atoms with Gasteiger partial charge in [0.25, 0.3) is 0 Å². The van der Waals surface area contributed by atoms with Gasteiger partial charge in [-0.2, -0.15) is 0 Å². The fourth-order valence-electron chi connectivity index (χ4n) is 5.14. The zero-order valence-electron chi connectivity index (χ0n) is 17.9. The van der Waals surface area contributed by atoms with E-state index in [4.69, 9.17) is 4.74 Å². The van der Waals surface area contributed by atoms with Crippen LogP contribution in [-0.2, 0) is 9.53 Å². The molecule has 0 aromatic heterocycles. The summed E-state index contributed by atoms with van der Waals surface area (Å²) in [6.07, 6.45) is 0.838. The Morgan fingerprint density at radius 1 is 0.826 bits per heavy atom. The molecule has 0 saturated carbocycles. The van der Waals surface area contributed by atoms with Crippen molar-refractivity contribution in [3.05, 3.63) is 0 Å². The Kier molecular flexibility index (Phi) is 7.40. The molecule has 0 radical (unpaired) electrons. The molecule has 0 aromatic carbocycles. The van der Waals surface area contributed by atoms with Crippen molar-refractivity contribution < 1.29 is 9.53 Å². The fraction of sp³-hybridized carbons (Fsp3) is 0.941. The number of esters is 1. The zero-order chi connectivity index (χ0) is 18.9. The Morgan fingerprint density at radius 3 is 1.43 bits per heavy atom. The Labute approximate surface area is 149 Å². The highest BCUT2D eigenvalue weighted by atomic mass is 29.9. The lowest BCUT2D eigenvalue weighted by Gasteiger charge is -2.57. The maximum atomic E-state index is 12.4. The van der Waals surface area contributed by atoms with Crippen LogP contribution in [-0.4, -0.2) is 42.0 Å². The van der Waals surface area contributed by atoms with E-state index in [-0.39, 0.29) is 11.4 Å². The molecule has 0 atom stereocenters. The van der Waals surface area contributed by atoms with Crippen LogP contribution in [0.2, 0.25) is 65.0 Å². The number of hydrogen-bond donors (Lipinski definition) is 0. The van der Waals surface area contributed by atoms with Crippen molar-refractivity contribution >= 4 is 35.4 Å². The van der Waals surface area contributed by atoms with Crippen molar-refractivity contribution in [3.63, 3.8) is 0 Å². The zero-order valence-corrected chi connectivity index (χ0v) is 21.9. The quantitative estimate of drug-likeness (QED) is 0.394. The molecule has 0 unspecified atom stereocenters. The SMILES string of the molecule is CCC(C)(C)C(=O)OCC[Si]([Si](C)(C)C)([Si](C)(C)C)[Si](C)(C)C. The summed E-state index contributed by atoms with van der Waals surface area (Å²) in [4.78, 5) is 12.4. The fourth-order valence-corrected chi connectivity index (χ4v) is 103. The second-order valence-corrected chi connectivity index (χ2v) is 52.3. The van der Waals surface area contributed by atoms with E-state index in [1.54, 1.807) is 0 Å². The van der Waals surface area contributed by atoms with Crippen LogP contribution in [0.1, 0.15) is 27.2 Å². The topological polar surface area (TPSA) is 26.3 Å². The smallest absolute Gasteiger partial charge is 0.311 e. The van der Waals surface area contributed by atoms with E-state index in [1.807, 2.05) is 13.8 Å². The Hall–Kier alpha value is 0.338. The minimum Gasteiger partial charge on any atom is -0.466 e. The summed E-state index contributed by atoms with van der Waals surface area (Å²) in [7, 11) is -3.79. The molecule has 23 heavy (non-hydrogen) atoms. The van der Waals surface area contributed by atoms with E-state index in [9.17, 15) is 4.79 Å². The molecule has 0 aromatic rings. The Morgan fingerprint density at radius 2 is 1.17 bits per heavy atom. The summed E-state index contributed by atoms with van der Waals surface area (Å²) in [6, 6.07) is 1.21. The van der Waals surface area contributed by atoms with Gasteiger partial charge in [-0.3, -0.25) is 4.79 Å². The summed E-state index contributed by atoms with van der Waals surface area (Å²) in [5, 5.41) is 0. The van der Waals surface area contributed by atoms with Gasteiger partial charge < -0.3 is 4.74 Å². The molecule has 0 saturated heterocycles. The highest BCUT2D eigenvalue weighted by Gasteiger charge is 2.60. The number of hydrogen-bond acceptors (Lipinski definition) is 2. The van der Waals surface area contributed by atoms with Crippen molar-refractivity contribution in [1.29, 1.82) is 0 Å². The first-order valence-electron chi connectivity index (χ1n) is 9.11.